The summed E-state index contributed by atoms with van der Waals surface area (Å²) in [5, 5.41) is 5.92. The molecular formula is C28H37N5O3. The Morgan fingerprint density at radius 2 is 1.75 bits per heavy atom. The van der Waals surface area contributed by atoms with Crippen LogP contribution in [0.15, 0.2) is 54.6 Å². The maximum absolute atomic E-state index is 13.8. The van der Waals surface area contributed by atoms with Gasteiger partial charge in [0.05, 0.1) is 6.67 Å². The van der Waals surface area contributed by atoms with Crippen molar-refractivity contribution in [3.8, 4) is 0 Å². The van der Waals surface area contributed by atoms with Crippen LogP contribution >= 0.6 is 0 Å². The van der Waals surface area contributed by atoms with Gasteiger partial charge in [-0.1, -0.05) is 51.1 Å². The summed E-state index contributed by atoms with van der Waals surface area (Å²) >= 11 is 0. The third-order valence-electron chi connectivity index (χ3n) is 7.09. The fraction of sp³-hybridized carbons (Fsp3) is 0.464. The number of anilines is 2. The molecule has 192 valence electrons. The smallest absolute Gasteiger partial charge is 0.321 e. The Kier molecular flexibility index (Phi) is 7.82. The Balaban J connectivity index is 1.47. The molecule has 1 spiro atoms. The van der Waals surface area contributed by atoms with Gasteiger partial charge in [-0.05, 0) is 55.0 Å². The number of hydrogen-bond acceptors (Lipinski definition) is 4. The number of aryl methyl sites for hydroxylation is 1. The van der Waals surface area contributed by atoms with Gasteiger partial charge in [0.25, 0.3) is 5.91 Å². The summed E-state index contributed by atoms with van der Waals surface area (Å²) in [6, 6.07) is 17.6. The first kappa shape index (κ1) is 25.5. The van der Waals surface area contributed by atoms with Gasteiger partial charge in [0, 0.05) is 31.0 Å². The summed E-state index contributed by atoms with van der Waals surface area (Å²) < 4.78 is 0. The number of hydrogen-bond donors (Lipinski definition) is 2. The number of para-hydroxylation sites is 1. The fourth-order valence-electron chi connectivity index (χ4n) is 5.02. The monoisotopic (exact) mass is 491 g/mol. The zero-order valence-electron chi connectivity index (χ0n) is 21.5. The van der Waals surface area contributed by atoms with E-state index in [9.17, 15) is 14.4 Å². The van der Waals surface area contributed by atoms with Gasteiger partial charge in [-0.25, -0.2) is 4.79 Å². The van der Waals surface area contributed by atoms with Crippen molar-refractivity contribution in [1.82, 2.24) is 15.1 Å². The first-order valence-corrected chi connectivity index (χ1v) is 12.9. The van der Waals surface area contributed by atoms with Crippen molar-refractivity contribution in [3.05, 3.63) is 60.2 Å². The number of nitrogens with zero attached hydrogens (tertiary/aromatic N) is 3. The second kappa shape index (κ2) is 11.0. The normalized spacial score (nSPS) is 17.1. The van der Waals surface area contributed by atoms with Gasteiger partial charge in [0.15, 0.2) is 0 Å². The molecule has 4 rings (SSSR count). The van der Waals surface area contributed by atoms with Crippen LogP contribution in [0.4, 0.5) is 16.2 Å². The third-order valence-corrected chi connectivity index (χ3v) is 7.09. The van der Waals surface area contributed by atoms with Gasteiger partial charge in [-0.2, -0.15) is 0 Å². The topological polar surface area (TPSA) is 85.0 Å². The zero-order chi connectivity index (χ0) is 25.7. The van der Waals surface area contributed by atoms with Crippen LogP contribution in [0.1, 0.15) is 39.2 Å². The van der Waals surface area contributed by atoms with E-state index >= 15 is 0 Å². The van der Waals surface area contributed by atoms with Crippen molar-refractivity contribution in [3.63, 3.8) is 0 Å². The average molecular weight is 492 g/mol. The van der Waals surface area contributed by atoms with Crippen LogP contribution in [0.2, 0.25) is 0 Å². The standard InChI is InChI=1S/C28H37N5O3/c1-4-22-9-8-10-23(17-22)30-27(36)31-15-13-28(14-16-31)26(35)32(19-25(34)29-18-21(2)3)20-33(28)24-11-6-5-7-12-24/h5-12,17,21H,4,13-16,18-20H2,1-3H3,(H,29,34)(H,30,36). The molecule has 0 aliphatic carbocycles. The van der Waals surface area contributed by atoms with Crippen molar-refractivity contribution in [2.45, 2.75) is 45.6 Å². The molecule has 4 amide bonds. The Hall–Kier alpha value is -3.55. The maximum atomic E-state index is 13.8. The summed E-state index contributed by atoms with van der Waals surface area (Å²) in [5.41, 5.74) is 2.13. The summed E-state index contributed by atoms with van der Waals surface area (Å²) in [6.45, 7) is 8.06. The fourth-order valence-corrected chi connectivity index (χ4v) is 5.02. The Morgan fingerprint density at radius 1 is 1.03 bits per heavy atom. The van der Waals surface area contributed by atoms with E-state index in [2.05, 4.69) is 22.5 Å². The molecule has 2 fully saturated rings. The Morgan fingerprint density at radius 3 is 2.42 bits per heavy atom. The first-order chi connectivity index (χ1) is 17.3. The lowest BCUT2D eigenvalue weighted by Gasteiger charge is -2.43. The molecule has 36 heavy (non-hydrogen) atoms. The molecule has 2 aromatic rings. The van der Waals surface area contributed by atoms with Crippen molar-refractivity contribution in [2.24, 2.45) is 5.92 Å². The minimum atomic E-state index is -0.765. The summed E-state index contributed by atoms with van der Waals surface area (Å²) in [6.07, 6.45) is 1.92. The predicted molar refractivity (Wildman–Crippen MR) is 142 cm³/mol. The van der Waals surface area contributed by atoms with Crippen molar-refractivity contribution in [2.75, 3.05) is 43.1 Å². The van der Waals surface area contributed by atoms with Gasteiger partial charge in [-0.3, -0.25) is 9.59 Å². The quantitative estimate of drug-likeness (QED) is 0.619. The van der Waals surface area contributed by atoms with Crippen molar-refractivity contribution < 1.29 is 14.4 Å². The number of carbonyl (C=O) groups is 3. The highest BCUT2D eigenvalue weighted by atomic mass is 16.2. The Labute approximate surface area is 213 Å². The molecule has 8 nitrogen and oxygen atoms in total. The highest BCUT2D eigenvalue weighted by Crippen LogP contribution is 2.39. The molecule has 0 unspecified atom stereocenters. The number of piperidine rings is 1. The van der Waals surface area contributed by atoms with Crippen molar-refractivity contribution >= 4 is 29.2 Å². The molecule has 0 aromatic heterocycles. The van der Waals surface area contributed by atoms with E-state index in [-0.39, 0.29) is 24.4 Å². The summed E-state index contributed by atoms with van der Waals surface area (Å²) in [5.74, 6) is 0.158. The second-order valence-electron chi connectivity index (χ2n) is 10.1. The van der Waals surface area contributed by atoms with E-state index in [1.807, 2.05) is 68.4 Å². The van der Waals surface area contributed by atoms with Gasteiger partial charge in [0.2, 0.25) is 5.91 Å². The highest BCUT2D eigenvalue weighted by Gasteiger charge is 2.54. The van der Waals surface area contributed by atoms with Gasteiger partial charge in [0.1, 0.15) is 12.1 Å². The third kappa shape index (κ3) is 5.48. The van der Waals surface area contributed by atoms with Gasteiger partial charge < -0.3 is 25.3 Å². The van der Waals surface area contributed by atoms with Gasteiger partial charge >= 0.3 is 6.03 Å². The number of amides is 4. The number of likely N-dealkylation sites (tertiary alicyclic amines) is 1. The number of nitrogens with one attached hydrogen (secondary N) is 2. The molecule has 0 atom stereocenters. The van der Waals surface area contributed by atoms with E-state index in [1.54, 1.807) is 9.80 Å². The lowest BCUT2D eigenvalue weighted by atomic mass is 9.85. The molecule has 2 aromatic carbocycles. The first-order valence-electron chi connectivity index (χ1n) is 12.9. The van der Waals surface area contributed by atoms with E-state index in [0.717, 1.165) is 23.4 Å². The zero-order valence-corrected chi connectivity index (χ0v) is 21.5. The van der Waals surface area contributed by atoms with Gasteiger partial charge in [-0.15, -0.1) is 0 Å². The molecule has 2 saturated heterocycles. The van der Waals surface area contributed by atoms with Crippen LogP contribution in [0.3, 0.4) is 0 Å². The molecule has 2 N–H and O–H groups in total. The largest absolute Gasteiger partial charge is 0.354 e. The second-order valence-corrected chi connectivity index (χ2v) is 10.1. The lowest BCUT2D eigenvalue weighted by Crippen LogP contribution is -2.58. The molecule has 0 saturated carbocycles. The predicted octanol–water partition coefficient (Wildman–Crippen LogP) is 3.69. The van der Waals surface area contributed by atoms with Crippen LogP contribution in [0, 0.1) is 5.92 Å². The Bertz CT molecular complexity index is 1080. The molecule has 2 heterocycles. The molecule has 2 aliphatic rings. The minimum Gasteiger partial charge on any atom is -0.354 e. The SMILES string of the molecule is CCc1cccc(NC(=O)N2CCC3(CC2)C(=O)N(CC(=O)NCC(C)C)CN3c2ccccc2)c1. The van der Waals surface area contributed by atoms with Crippen molar-refractivity contribution in [1.29, 1.82) is 0 Å². The maximum Gasteiger partial charge on any atom is 0.321 e. The number of urea groups is 1. The summed E-state index contributed by atoms with van der Waals surface area (Å²) in [7, 11) is 0. The highest BCUT2D eigenvalue weighted by molar-refractivity contribution is 5.97. The van der Waals surface area contributed by atoms with E-state index < -0.39 is 5.54 Å². The number of carbonyl (C=O) groups excluding carboxylic acids is 3. The molecule has 2 aliphatic heterocycles. The molecule has 8 heteroatoms. The average Bonchev–Trinajstić information content (AvgIpc) is 3.14. The van der Waals surface area contributed by atoms with Crippen LogP contribution < -0.4 is 15.5 Å². The van der Waals surface area contributed by atoms with Crippen LogP contribution in [-0.2, 0) is 16.0 Å². The summed E-state index contributed by atoms with van der Waals surface area (Å²) in [4.78, 5) is 44.8. The molecule has 0 bridgehead atoms. The van der Waals surface area contributed by atoms with Crippen LogP contribution in [-0.4, -0.2) is 66.0 Å². The number of benzene rings is 2. The van der Waals surface area contributed by atoms with Crippen LogP contribution in [0.25, 0.3) is 0 Å². The van der Waals surface area contributed by atoms with E-state index in [1.165, 1.54) is 0 Å². The molecule has 0 radical (unpaired) electrons. The lowest BCUT2D eigenvalue weighted by molar-refractivity contribution is -0.137. The molecular weight excluding hydrogens is 454 g/mol. The van der Waals surface area contributed by atoms with E-state index in [0.29, 0.717) is 45.1 Å². The van der Waals surface area contributed by atoms with Crippen LogP contribution in [0.5, 0.6) is 0 Å². The minimum absolute atomic E-state index is 0.0363. The number of rotatable bonds is 7. The van der Waals surface area contributed by atoms with E-state index in [4.69, 9.17) is 0 Å².